The summed E-state index contributed by atoms with van der Waals surface area (Å²) in [4.78, 5) is 12.8. The molecule has 1 aromatic rings. The third kappa shape index (κ3) is 2.81. The predicted octanol–water partition coefficient (Wildman–Crippen LogP) is 3.32. The van der Waals surface area contributed by atoms with E-state index in [2.05, 4.69) is 19.2 Å². The molecule has 0 aromatic carbocycles. The van der Waals surface area contributed by atoms with Gasteiger partial charge in [0.05, 0.1) is 11.6 Å². The van der Waals surface area contributed by atoms with Crippen LogP contribution >= 0.6 is 22.9 Å². The van der Waals surface area contributed by atoms with Crippen molar-refractivity contribution in [3.8, 4) is 0 Å². The van der Waals surface area contributed by atoms with Crippen molar-refractivity contribution in [2.24, 2.45) is 11.3 Å². The lowest BCUT2D eigenvalue weighted by Crippen LogP contribution is -2.55. The third-order valence-electron chi connectivity index (χ3n) is 4.10. The van der Waals surface area contributed by atoms with Crippen molar-refractivity contribution in [2.45, 2.75) is 39.2 Å². The van der Waals surface area contributed by atoms with E-state index in [0.29, 0.717) is 9.90 Å². The molecule has 0 spiro atoms. The Morgan fingerprint density at radius 1 is 1.58 bits per heavy atom. The van der Waals surface area contributed by atoms with Gasteiger partial charge in [0.1, 0.15) is 4.88 Å². The quantitative estimate of drug-likeness (QED) is 0.876. The molecule has 0 saturated heterocycles. The normalized spacial score (nSPS) is 19.0. The Hall–Kier alpha value is -0.580. The number of aliphatic hydroxyl groups is 1. The molecule has 1 heterocycles. The fourth-order valence-corrected chi connectivity index (χ4v) is 3.93. The molecule has 5 heteroatoms. The predicted molar refractivity (Wildman–Crippen MR) is 78.8 cm³/mol. The highest BCUT2D eigenvalue weighted by Gasteiger charge is 2.45. The number of carbonyl (C=O) groups excluding carboxylic acids is 1. The maximum absolute atomic E-state index is 12.3. The van der Waals surface area contributed by atoms with Crippen molar-refractivity contribution >= 4 is 28.8 Å². The summed E-state index contributed by atoms with van der Waals surface area (Å²) in [6, 6.07) is 1.73. The summed E-state index contributed by atoms with van der Waals surface area (Å²) in [6.07, 6.45) is 3.08. The number of nitrogens with one attached hydrogen (secondary N) is 1. The van der Waals surface area contributed by atoms with Crippen LogP contribution in [0, 0.1) is 11.3 Å². The maximum Gasteiger partial charge on any atom is 0.263 e. The monoisotopic (exact) mass is 301 g/mol. The van der Waals surface area contributed by atoms with Crippen molar-refractivity contribution < 1.29 is 9.90 Å². The largest absolute Gasteiger partial charge is 0.396 e. The molecule has 1 aliphatic carbocycles. The van der Waals surface area contributed by atoms with Gasteiger partial charge in [-0.05, 0) is 30.2 Å². The van der Waals surface area contributed by atoms with E-state index in [1.54, 1.807) is 6.07 Å². The Kier molecular flexibility index (Phi) is 4.54. The van der Waals surface area contributed by atoms with E-state index < -0.39 is 0 Å². The number of aliphatic hydroxyl groups excluding tert-OH is 1. The molecule has 3 nitrogen and oxygen atoms in total. The molecule has 1 aromatic heterocycles. The van der Waals surface area contributed by atoms with Gasteiger partial charge in [-0.3, -0.25) is 4.79 Å². The lowest BCUT2D eigenvalue weighted by molar-refractivity contribution is -0.00771. The zero-order chi connectivity index (χ0) is 14.0. The fourth-order valence-electron chi connectivity index (χ4n) is 2.89. The smallest absolute Gasteiger partial charge is 0.263 e. The van der Waals surface area contributed by atoms with E-state index in [0.717, 1.165) is 19.3 Å². The Morgan fingerprint density at radius 3 is 2.63 bits per heavy atom. The Labute approximate surface area is 123 Å². The third-order valence-corrected chi connectivity index (χ3v) is 5.44. The zero-order valence-corrected chi connectivity index (χ0v) is 12.9. The van der Waals surface area contributed by atoms with Gasteiger partial charge in [0.25, 0.3) is 5.91 Å². The highest BCUT2D eigenvalue weighted by Crippen LogP contribution is 2.45. The Morgan fingerprint density at radius 2 is 2.26 bits per heavy atom. The standard InChI is InChI=1S/C14H20ClNO2S/c1-9(2)12(14(8-17)5-3-6-14)16-13(18)11-10(15)4-7-19-11/h4,7,9,12,17H,3,5-6,8H2,1-2H3,(H,16,18)/t12-/m0/s1. The first-order chi connectivity index (χ1) is 9.00. The first-order valence-electron chi connectivity index (χ1n) is 6.65. The van der Waals surface area contributed by atoms with E-state index in [9.17, 15) is 9.90 Å². The number of hydrogen-bond acceptors (Lipinski definition) is 3. The fraction of sp³-hybridized carbons (Fsp3) is 0.643. The topological polar surface area (TPSA) is 49.3 Å². The summed E-state index contributed by atoms with van der Waals surface area (Å²) in [5.74, 6) is 0.161. The Bertz CT molecular complexity index is 449. The van der Waals surface area contributed by atoms with Crippen LogP contribution in [0.4, 0.5) is 0 Å². The van der Waals surface area contributed by atoms with Crippen molar-refractivity contribution in [2.75, 3.05) is 6.61 Å². The van der Waals surface area contributed by atoms with Crippen LogP contribution in [0.25, 0.3) is 0 Å². The molecule has 0 bridgehead atoms. The van der Waals surface area contributed by atoms with Crippen LogP contribution in [0.15, 0.2) is 11.4 Å². The minimum absolute atomic E-state index is 0.00285. The van der Waals surface area contributed by atoms with E-state index >= 15 is 0 Å². The second-order valence-electron chi connectivity index (χ2n) is 5.67. The molecule has 1 atom stereocenters. The van der Waals surface area contributed by atoms with E-state index in [1.165, 1.54) is 11.3 Å². The number of hydrogen-bond donors (Lipinski definition) is 2. The highest BCUT2D eigenvalue weighted by molar-refractivity contribution is 7.12. The van der Waals surface area contributed by atoms with Gasteiger partial charge < -0.3 is 10.4 Å². The molecule has 0 aliphatic heterocycles. The van der Waals surface area contributed by atoms with E-state index in [1.807, 2.05) is 5.38 Å². The van der Waals surface area contributed by atoms with Crippen LogP contribution in [0.3, 0.4) is 0 Å². The number of amides is 1. The van der Waals surface area contributed by atoms with Gasteiger partial charge in [-0.1, -0.05) is 31.9 Å². The molecule has 1 fully saturated rings. The van der Waals surface area contributed by atoms with Crippen LogP contribution < -0.4 is 5.32 Å². The van der Waals surface area contributed by atoms with Gasteiger partial charge in [-0.2, -0.15) is 0 Å². The lowest BCUT2D eigenvalue weighted by Gasteiger charge is -2.48. The molecule has 19 heavy (non-hydrogen) atoms. The molecular formula is C14H20ClNO2S. The van der Waals surface area contributed by atoms with Gasteiger partial charge in [-0.25, -0.2) is 0 Å². The first-order valence-corrected chi connectivity index (χ1v) is 7.90. The molecule has 2 rings (SSSR count). The minimum Gasteiger partial charge on any atom is -0.396 e. The van der Waals surface area contributed by atoms with Crippen molar-refractivity contribution in [3.05, 3.63) is 21.3 Å². The van der Waals surface area contributed by atoms with Crippen LogP contribution in [0.2, 0.25) is 5.02 Å². The van der Waals surface area contributed by atoms with Crippen LogP contribution in [-0.4, -0.2) is 23.7 Å². The van der Waals surface area contributed by atoms with Gasteiger partial charge in [-0.15, -0.1) is 11.3 Å². The molecule has 0 radical (unpaired) electrons. The molecule has 0 unspecified atom stereocenters. The lowest BCUT2D eigenvalue weighted by atomic mass is 9.62. The van der Waals surface area contributed by atoms with Gasteiger partial charge in [0.2, 0.25) is 0 Å². The van der Waals surface area contributed by atoms with Gasteiger partial charge in [0, 0.05) is 11.5 Å². The number of thiophene rings is 1. The van der Waals surface area contributed by atoms with Crippen molar-refractivity contribution in [1.82, 2.24) is 5.32 Å². The zero-order valence-electron chi connectivity index (χ0n) is 11.3. The van der Waals surface area contributed by atoms with Gasteiger partial charge >= 0.3 is 0 Å². The summed E-state index contributed by atoms with van der Waals surface area (Å²) in [7, 11) is 0. The summed E-state index contributed by atoms with van der Waals surface area (Å²) >= 11 is 7.34. The SMILES string of the molecule is CC(C)[C@H](NC(=O)c1sccc1Cl)C1(CO)CCC1. The average molecular weight is 302 g/mol. The summed E-state index contributed by atoms with van der Waals surface area (Å²) in [5.41, 5.74) is -0.145. The van der Waals surface area contributed by atoms with Gasteiger partial charge in [0.15, 0.2) is 0 Å². The Balaban J connectivity index is 2.14. The molecule has 106 valence electrons. The number of rotatable bonds is 5. The average Bonchev–Trinajstić information content (AvgIpc) is 2.73. The van der Waals surface area contributed by atoms with Crippen LogP contribution in [0.5, 0.6) is 0 Å². The molecular weight excluding hydrogens is 282 g/mol. The second-order valence-corrected chi connectivity index (χ2v) is 6.99. The van der Waals surface area contributed by atoms with Crippen molar-refractivity contribution in [3.63, 3.8) is 0 Å². The first kappa shape index (κ1) is 14.8. The maximum atomic E-state index is 12.3. The number of halogens is 1. The molecule has 1 saturated carbocycles. The summed E-state index contributed by atoms with van der Waals surface area (Å²) < 4.78 is 0. The van der Waals surface area contributed by atoms with E-state index in [4.69, 9.17) is 11.6 Å². The summed E-state index contributed by atoms with van der Waals surface area (Å²) in [6.45, 7) is 4.29. The van der Waals surface area contributed by atoms with E-state index in [-0.39, 0.29) is 29.9 Å². The van der Waals surface area contributed by atoms with Crippen LogP contribution in [-0.2, 0) is 0 Å². The highest BCUT2D eigenvalue weighted by atomic mass is 35.5. The molecule has 1 amide bonds. The molecule has 1 aliphatic rings. The minimum atomic E-state index is -0.145. The van der Waals surface area contributed by atoms with Crippen LogP contribution in [0.1, 0.15) is 42.8 Å². The second kappa shape index (κ2) is 5.81. The molecule has 2 N–H and O–H groups in total. The summed E-state index contributed by atoms with van der Waals surface area (Å²) in [5, 5.41) is 15.1. The van der Waals surface area contributed by atoms with Crippen molar-refractivity contribution in [1.29, 1.82) is 0 Å². The number of carbonyl (C=O) groups is 1.